The van der Waals surface area contributed by atoms with Gasteiger partial charge in [0.25, 0.3) is 0 Å². The van der Waals surface area contributed by atoms with Crippen LogP contribution in [0.5, 0.6) is 0 Å². The Hall–Kier alpha value is -1.06. The van der Waals surface area contributed by atoms with Crippen LogP contribution >= 0.6 is 0 Å². The lowest BCUT2D eigenvalue weighted by atomic mass is 10.0. The van der Waals surface area contributed by atoms with E-state index in [1.165, 1.54) is 6.40 Å². The fraction of sp³-hybridized carbons (Fsp3) is 0.818. The van der Waals surface area contributed by atoms with E-state index in [1.54, 1.807) is 6.92 Å². The summed E-state index contributed by atoms with van der Waals surface area (Å²) in [4.78, 5) is 15.5. The Bertz CT molecular complexity index is 228. The molecule has 0 bridgehead atoms. The topological polar surface area (TPSA) is 47.9 Å². The van der Waals surface area contributed by atoms with Crippen LogP contribution in [-0.4, -0.2) is 31.1 Å². The van der Waals surface area contributed by atoms with Crippen molar-refractivity contribution < 1.29 is 14.3 Å². The molecule has 1 aliphatic heterocycles. The van der Waals surface area contributed by atoms with Gasteiger partial charge in [0.05, 0.1) is 6.61 Å². The molecule has 0 aromatic rings. The summed E-state index contributed by atoms with van der Waals surface area (Å²) in [5.74, 6) is -0.271. The van der Waals surface area contributed by atoms with E-state index in [4.69, 9.17) is 9.47 Å². The summed E-state index contributed by atoms with van der Waals surface area (Å²) in [6.07, 6.45) is 5.53. The first kappa shape index (κ1) is 12.0. The summed E-state index contributed by atoms with van der Waals surface area (Å²) < 4.78 is 10.2. The van der Waals surface area contributed by atoms with Crippen molar-refractivity contribution in [3.8, 4) is 0 Å². The van der Waals surface area contributed by atoms with E-state index in [9.17, 15) is 4.79 Å². The molecule has 1 aliphatic rings. The molecular weight excluding hydrogens is 194 g/mol. The lowest BCUT2D eigenvalue weighted by molar-refractivity contribution is -0.146. The van der Waals surface area contributed by atoms with Crippen LogP contribution in [0.3, 0.4) is 0 Å². The number of nitrogens with zero attached hydrogens (tertiary/aromatic N) is 1. The quantitative estimate of drug-likeness (QED) is 0.500. The molecule has 0 N–H and O–H groups in total. The second-order valence-electron chi connectivity index (χ2n) is 3.62. The Kier molecular flexibility index (Phi) is 5.15. The van der Waals surface area contributed by atoms with Gasteiger partial charge in [-0.25, -0.2) is 9.79 Å². The van der Waals surface area contributed by atoms with Gasteiger partial charge in [0.1, 0.15) is 6.10 Å². The molecule has 0 saturated heterocycles. The van der Waals surface area contributed by atoms with Gasteiger partial charge in [-0.3, -0.25) is 0 Å². The Morgan fingerprint density at radius 3 is 2.93 bits per heavy atom. The molecule has 0 radical (unpaired) electrons. The number of ether oxygens (including phenoxy) is 2. The molecule has 86 valence electrons. The number of rotatable bonds is 6. The molecule has 0 aromatic carbocycles. The zero-order valence-corrected chi connectivity index (χ0v) is 9.44. The monoisotopic (exact) mass is 213 g/mol. The van der Waals surface area contributed by atoms with Gasteiger partial charge in [0, 0.05) is 0 Å². The molecule has 15 heavy (non-hydrogen) atoms. The lowest BCUT2D eigenvalue weighted by Crippen LogP contribution is -2.31. The van der Waals surface area contributed by atoms with Gasteiger partial charge in [-0.05, 0) is 19.8 Å². The van der Waals surface area contributed by atoms with Crippen molar-refractivity contribution in [3.05, 3.63) is 0 Å². The third kappa shape index (κ3) is 3.53. The van der Waals surface area contributed by atoms with Crippen LogP contribution in [0.2, 0.25) is 0 Å². The van der Waals surface area contributed by atoms with Crippen LogP contribution < -0.4 is 0 Å². The summed E-state index contributed by atoms with van der Waals surface area (Å²) in [7, 11) is 0. The molecule has 2 unspecified atom stereocenters. The normalized spacial score (nSPS) is 23.9. The maximum absolute atomic E-state index is 11.5. The molecule has 1 rings (SSSR count). The zero-order chi connectivity index (χ0) is 11.1. The Balaban J connectivity index is 2.34. The third-order valence-corrected chi connectivity index (χ3v) is 2.43. The molecule has 2 atom stereocenters. The highest BCUT2D eigenvalue weighted by Crippen LogP contribution is 2.17. The van der Waals surface area contributed by atoms with Crippen molar-refractivity contribution >= 4 is 12.4 Å². The predicted molar refractivity (Wildman–Crippen MR) is 57.9 cm³/mol. The van der Waals surface area contributed by atoms with E-state index in [0.717, 1.165) is 25.7 Å². The fourth-order valence-corrected chi connectivity index (χ4v) is 1.61. The van der Waals surface area contributed by atoms with Crippen LogP contribution in [-0.2, 0) is 14.3 Å². The van der Waals surface area contributed by atoms with Gasteiger partial charge in [-0.15, -0.1) is 0 Å². The van der Waals surface area contributed by atoms with Crippen molar-refractivity contribution in [1.29, 1.82) is 0 Å². The number of esters is 1. The first-order valence-corrected chi connectivity index (χ1v) is 5.63. The van der Waals surface area contributed by atoms with Gasteiger partial charge in [0.2, 0.25) is 0 Å². The van der Waals surface area contributed by atoms with Crippen LogP contribution in [0.4, 0.5) is 0 Å². The summed E-state index contributed by atoms with van der Waals surface area (Å²) in [5, 5.41) is 0. The van der Waals surface area contributed by atoms with E-state index in [-0.39, 0.29) is 12.1 Å². The number of hydrogen-bond donors (Lipinski definition) is 0. The molecule has 4 heteroatoms. The molecule has 0 saturated carbocycles. The largest absolute Gasteiger partial charge is 0.477 e. The van der Waals surface area contributed by atoms with Gasteiger partial charge >= 0.3 is 5.97 Å². The molecule has 0 spiro atoms. The van der Waals surface area contributed by atoms with Crippen molar-refractivity contribution in [2.75, 3.05) is 6.61 Å². The number of unbranched alkanes of at least 4 members (excludes halogenated alkanes) is 2. The number of carbonyl (C=O) groups excluding carboxylic acids is 1. The lowest BCUT2D eigenvalue weighted by Gasteiger charge is -2.15. The summed E-state index contributed by atoms with van der Waals surface area (Å²) in [6, 6.07) is -0.443. The Morgan fingerprint density at radius 2 is 2.27 bits per heavy atom. The molecule has 4 nitrogen and oxygen atoms in total. The minimum atomic E-state index is -0.443. The number of hydrogen-bond acceptors (Lipinski definition) is 4. The molecule has 0 amide bonds. The summed E-state index contributed by atoms with van der Waals surface area (Å²) >= 11 is 0. The second kappa shape index (κ2) is 6.43. The predicted octanol–water partition coefficient (Wildman–Crippen LogP) is 1.93. The van der Waals surface area contributed by atoms with Crippen molar-refractivity contribution in [1.82, 2.24) is 0 Å². The smallest absolute Gasteiger partial charge is 0.334 e. The first-order valence-electron chi connectivity index (χ1n) is 5.63. The average molecular weight is 213 g/mol. The zero-order valence-electron chi connectivity index (χ0n) is 9.44. The van der Waals surface area contributed by atoms with Crippen LogP contribution in [0, 0.1) is 0 Å². The van der Waals surface area contributed by atoms with E-state index < -0.39 is 6.04 Å². The van der Waals surface area contributed by atoms with Crippen LogP contribution in [0.25, 0.3) is 0 Å². The van der Waals surface area contributed by atoms with Crippen molar-refractivity contribution in [2.24, 2.45) is 4.99 Å². The first-order chi connectivity index (χ1) is 7.29. The number of carbonyl (C=O) groups is 1. The minimum absolute atomic E-state index is 0.115. The van der Waals surface area contributed by atoms with Crippen LogP contribution in [0.1, 0.15) is 39.5 Å². The van der Waals surface area contributed by atoms with E-state index in [1.807, 2.05) is 0 Å². The molecule has 0 aliphatic carbocycles. The maximum atomic E-state index is 11.5. The van der Waals surface area contributed by atoms with Crippen LogP contribution in [0.15, 0.2) is 4.99 Å². The van der Waals surface area contributed by atoms with Gasteiger partial charge in [-0.2, -0.15) is 0 Å². The van der Waals surface area contributed by atoms with Crippen molar-refractivity contribution in [2.45, 2.75) is 51.7 Å². The van der Waals surface area contributed by atoms with Gasteiger partial charge < -0.3 is 9.47 Å². The van der Waals surface area contributed by atoms with E-state index in [0.29, 0.717) is 6.61 Å². The summed E-state index contributed by atoms with van der Waals surface area (Å²) in [6.45, 7) is 4.34. The highest BCUT2D eigenvalue weighted by Gasteiger charge is 2.33. The SMILES string of the molecule is CCCCCC1OC=NC1C(=O)OCC. The number of aliphatic imine (C=N–C) groups is 1. The standard InChI is InChI=1S/C11H19NO3/c1-3-5-6-7-9-10(12-8-15-9)11(13)14-4-2/h8-10H,3-7H2,1-2H3. The second-order valence-corrected chi connectivity index (χ2v) is 3.62. The van der Waals surface area contributed by atoms with Gasteiger partial charge in [0.15, 0.2) is 12.4 Å². The van der Waals surface area contributed by atoms with E-state index in [2.05, 4.69) is 11.9 Å². The third-order valence-electron chi connectivity index (χ3n) is 2.43. The maximum Gasteiger partial charge on any atom is 0.334 e. The molecule has 0 aromatic heterocycles. The average Bonchev–Trinajstić information content (AvgIpc) is 2.67. The van der Waals surface area contributed by atoms with Gasteiger partial charge in [-0.1, -0.05) is 19.8 Å². The van der Waals surface area contributed by atoms with Crippen molar-refractivity contribution in [3.63, 3.8) is 0 Å². The highest BCUT2D eigenvalue weighted by atomic mass is 16.5. The molecule has 1 heterocycles. The molecular formula is C11H19NO3. The fourth-order valence-electron chi connectivity index (χ4n) is 1.61. The summed E-state index contributed by atoms with van der Waals surface area (Å²) in [5.41, 5.74) is 0. The Labute approximate surface area is 90.7 Å². The van der Waals surface area contributed by atoms with E-state index >= 15 is 0 Å². The minimum Gasteiger partial charge on any atom is -0.477 e. The molecule has 0 fully saturated rings. The Morgan fingerprint density at radius 1 is 1.47 bits per heavy atom. The highest BCUT2D eigenvalue weighted by molar-refractivity contribution is 5.79.